The van der Waals surface area contributed by atoms with E-state index in [0.29, 0.717) is 31.5 Å². The van der Waals surface area contributed by atoms with Crippen LogP contribution < -0.4 is 4.74 Å². The molecule has 0 unspecified atom stereocenters. The molecule has 7 heteroatoms. The second-order valence-corrected chi connectivity index (χ2v) is 9.07. The molecule has 0 aliphatic carbocycles. The van der Waals surface area contributed by atoms with Crippen molar-refractivity contribution >= 4 is 17.9 Å². The largest absolute Gasteiger partial charge is 0.476 e. The summed E-state index contributed by atoms with van der Waals surface area (Å²) in [6, 6.07) is 8.26. The van der Waals surface area contributed by atoms with E-state index in [1.807, 2.05) is 20.8 Å². The lowest BCUT2D eigenvalue weighted by atomic mass is 9.98. The third kappa shape index (κ3) is 6.35. The molecule has 1 aromatic carbocycles. The number of ether oxygens (including phenoxy) is 2. The average Bonchev–Trinajstić information content (AvgIpc) is 2.72. The Morgan fingerprint density at radius 1 is 1.14 bits per heavy atom. The molecule has 0 atom stereocenters. The average molecular weight is 416 g/mol. The van der Waals surface area contributed by atoms with E-state index in [9.17, 15) is 4.79 Å². The summed E-state index contributed by atoms with van der Waals surface area (Å²) in [5.41, 5.74) is 1.41. The number of benzene rings is 1. The van der Waals surface area contributed by atoms with E-state index in [0.717, 1.165) is 24.1 Å². The molecule has 6 nitrogen and oxygen atoms in total. The molecular formula is C22H29N3O3S. The monoisotopic (exact) mass is 415 g/mol. The number of carbonyl (C=O) groups excluding carboxylic acids is 1. The number of piperidine rings is 1. The molecule has 1 aliphatic heterocycles. The highest BCUT2D eigenvalue weighted by Crippen LogP contribution is 2.23. The lowest BCUT2D eigenvalue weighted by molar-refractivity contribution is 0.0164. The van der Waals surface area contributed by atoms with Gasteiger partial charge in [-0.15, -0.1) is 11.8 Å². The van der Waals surface area contributed by atoms with E-state index < -0.39 is 5.60 Å². The first-order valence-electron chi connectivity index (χ1n) is 9.91. The summed E-state index contributed by atoms with van der Waals surface area (Å²) in [4.78, 5) is 24.0. The van der Waals surface area contributed by atoms with E-state index in [1.165, 1.54) is 4.90 Å². The molecule has 1 saturated heterocycles. The summed E-state index contributed by atoms with van der Waals surface area (Å²) in [5, 5.41) is 0. The lowest BCUT2D eigenvalue weighted by Gasteiger charge is -2.33. The molecule has 2 heterocycles. The van der Waals surface area contributed by atoms with Crippen molar-refractivity contribution in [1.29, 1.82) is 0 Å². The molecule has 0 N–H and O–H groups in total. The molecule has 0 radical (unpaired) electrons. The van der Waals surface area contributed by atoms with E-state index in [1.54, 1.807) is 29.1 Å². The lowest BCUT2D eigenvalue weighted by Crippen LogP contribution is -2.42. The van der Waals surface area contributed by atoms with Crippen LogP contribution in [0, 0.1) is 5.92 Å². The Kier molecular flexibility index (Phi) is 7.00. The second kappa shape index (κ2) is 9.48. The summed E-state index contributed by atoms with van der Waals surface area (Å²) in [5.74, 6) is 0.929. The van der Waals surface area contributed by atoms with Crippen LogP contribution in [-0.2, 0) is 4.74 Å². The summed E-state index contributed by atoms with van der Waals surface area (Å²) < 4.78 is 11.3. The molecule has 0 bridgehead atoms. The van der Waals surface area contributed by atoms with Gasteiger partial charge in [-0.3, -0.25) is 0 Å². The van der Waals surface area contributed by atoms with Crippen LogP contribution in [0.4, 0.5) is 4.79 Å². The van der Waals surface area contributed by atoms with E-state index in [-0.39, 0.29) is 6.09 Å². The number of nitrogens with zero attached hydrogens (tertiary/aromatic N) is 3. The van der Waals surface area contributed by atoms with Crippen LogP contribution in [0.25, 0.3) is 11.3 Å². The zero-order valence-electron chi connectivity index (χ0n) is 17.6. The van der Waals surface area contributed by atoms with Gasteiger partial charge in [-0.05, 0) is 57.9 Å². The third-order valence-electron chi connectivity index (χ3n) is 4.75. The summed E-state index contributed by atoms with van der Waals surface area (Å²) >= 11 is 1.71. The van der Waals surface area contributed by atoms with Crippen molar-refractivity contribution in [3.05, 3.63) is 36.7 Å². The SMILES string of the molecule is CSc1ccc(-c2cnc(OCC3CCN(C(=O)OC(C)(C)C)CC3)cn2)cc1. The van der Waals surface area contributed by atoms with E-state index in [4.69, 9.17) is 9.47 Å². The minimum atomic E-state index is -0.459. The van der Waals surface area contributed by atoms with Crippen LogP contribution in [0.5, 0.6) is 5.88 Å². The number of amides is 1. The summed E-state index contributed by atoms with van der Waals surface area (Å²) in [6.07, 6.45) is 7.03. The van der Waals surface area contributed by atoms with Crippen molar-refractivity contribution in [1.82, 2.24) is 14.9 Å². The highest BCUT2D eigenvalue weighted by Gasteiger charge is 2.27. The van der Waals surface area contributed by atoms with Crippen molar-refractivity contribution < 1.29 is 14.3 Å². The predicted octanol–water partition coefficient (Wildman–Crippen LogP) is 4.89. The Morgan fingerprint density at radius 3 is 2.38 bits per heavy atom. The number of hydrogen-bond donors (Lipinski definition) is 0. The number of rotatable bonds is 5. The topological polar surface area (TPSA) is 64.5 Å². The quantitative estimate of drug-likeness (QED) is 0.648. The molecule has 2 aromatic rings. The van der Waals surface area contributed by atoms with Crippen molar-refractivity contribution in [2.45, 2.75) is 44.1 Å². The van der Waals surface area contributed by atoms with Crippen LogP contribution in [-0.4, -0.2) is 52.5 Å². The van der Waals surface area contributed by atoms with Crippen molar-refractivity contribution in [3.63, 3.8) is 0 Å². The molecule has 156 valence electrons. The van der Waals surface area contributed by atoms with E-state index >= 15 is 0 Å². The normalized spacial score (nSPS) is 15.2. The molecule has 3 rings (SSSR count). The van der Waals surface area contributed by atoms with Crippen LogP contribution in [0.1, 0.15) is 33.6 Å². The maximum Gasteiger partial charge on any atom is 0.410 e. The fourth-order valence-corrected chi connectivity index (χ4v) is 3.52. The smallest absolute Gasteiger partial charge is 0.410 e. The minimum Gasteiger partial charge on any atom is -0.476 e. The van der Waals surface area contributed by atoms with Crippen LogP contribution in [0.2, 0.25) is 0 Å². The third-order valence-corrected chi connectivity index (χ3v) is 5.49. The maximum absolute atomic E-state index is 12.1. The predicted molar refractivity (Wildman–Crippen MR) is 115 cm³/mol. The number of carbonyl (C=O) groups is 1. The first-order valence-corrected chi connectivity index (χ1v) is 11.1. The standard InChI is InChI=1S/C22H29N3O3S/c1-22(2,3)28-21(26)25-11-9-16(10-12-25)15-27-20-14-23-19(13-24-20)17-5-7-18(29-4)8-6-17/h5-8,13-14,16H,9-12,15H2,1-4H3. The molecule has 0 saturated carbocycles. The van der Waals surface area contributed by atoms with Gasteiger partial charge in [0.2, 0.25) is 5.88 Å². The van der Waals surface area contributed by atoms with Crippen LogP contribution >= 0.6 is 11.8 Å². The molecular weight excluding hydrogens is 386 g/mol. The fourth-order valence-electron chi connectivity index (χ4n) is 3.11. The minimum absolute atomic E-state index is 0.233. The van der Waals surface area contributed by atoms with Crippen molar-refractivity contribution in [3.8, 4) is 17.1 Å². The number of thioether (sulfide) groups is 1. The Hall–Kier alpha value is -2.28. The molecule has 29 heavy (non-hydrogen) atoms. The fraction of sp³-hybridized carbons (Fsp3) is 0.500. The van der Waals surface area contributed by atoms with Crippen molar-refractivity contribution in [2.75, 3.05) is 26.0 Å². The van der Waals surface area contributed by atoms with Gasteiger partial charge in [0.25, 0.3) is 0 Å². The highest BCUT2D eigenvalue weighted by molar-refractivity contribution is 7.98. The van der Waals surface area contributed by atoms with Gasteiger partial charge in [-0.2, -0.15) is 0 Å². The van der Waals surface area contributed by atoms with Gasteiger partial charge in [0.15, 0.2) is 0 Å². The van der Waals surface area contributed by atoms with Crippen LogP contribution in [0.15, 0.2) is 41.6 Å². The number of hydrogen-bond acceptors (Lipinski definition) is 6. The Labute approximate surface area is 177 Å². The van der Waals surface area contributed by atoms with Gasteiger partial charge in [0.05, 0.1) is 24.7 Å². The highest BCUT2D eigenvalue weighted by atomic mass is 32.2. The molecule has 1 aliphatic rings. The van der Waals surface area contributed by atoms with Crippen LogP contribution in [0.3, 0.4) is 0 Å². The molecule has 1 aromatic heterocycles. The summed E-state index contributed by atoms with van der Waals surface area (Å²) in [7, 11) is 0. The van der Waals surface area contributed by atoms with Gasteiger partial charge >= 0.3 is 6.09 Å². The number of aromatic nitrogens is 2. The van der Waals surface area contributed by atoms with Gasteiger partial charge in [0.1, 0.15) is 5.60 Å². The first kappa shape index (κ1) is 21.4. The Morgan fingerprint density at radius 2 is 1.83 bits per heavy atom. The zero-order chi connectivity index (χ0) is 20.9. The van der Waals surface area contributed by atoms with Crippen molar-refractivity contribution in [2.24, 2.45) is 5.92 Å². The second-order valence-electron chi connectivity index (χ2n) is 8.19. The Balaban J connectivity index is 1.45. The van der Waals surface area contributed by atoms with Gasteiger partial charge in [-0.1, -0.05) is 12.1 Å². The maximum atomic E-state index is 12.1. The Bertz CT molecular complexity index is 796. The first-order chi connectivity index (χ1) is 13.8. The molecule has 1 fully saturated rings. The molecule has 1 amide bonds. The number of likely N-dealkylation sites (tertiary alicyclic amines) is 1. The molecule has 0 spiro atoms. The van der Waals surface area contributed by atoms with Gasteiger partial charge in [0, 0.05) is 23.5 Å². The zero-order valence-corrected chi connectivity index (χ0v) is 18.4. The summed E-state index contributed by atoms with van der Waals surface area (Å²) in [6.45, 7) is 7.63. The van der Waals surface area contributed by atoms with Gasteiger partial charge < -0.3 is 14.4 Å². The van der Waals surface area contributed by atoms with Gasteiger partial charge in [-0.25, -0.2) is 14.8 Å². The van der Waals surface area contributed by atoms with E-state index in [2.05, 4.69) is 40.5 Å².